The zero-order valence-electron chi connectivity index (χ0n) is 16.6. The van der Waals surface area contributed by atoms with Crippen LogP contribution in [0.15, 0.2) is 46.9 Å². The van der Waals surface area contributed by atoms with Crippen molar-refractivity contribution in [3.05, 3.63) is 46.9 Å². The maximum Gasteiger partial charge on any atom is 0.514 e. The van der Waals surface area contributed by atoms with E-state index in [1.165, 1.54) is 0 Å². The lowest BCUT2D eigenvalue weighted by Crippen LogP contribution is -2.24. The Labute approximate surface area is 162 Å². The van der Waals surface area contributed by atoms with Gasteiger partial charge >= 0.3 is 6.16 Å². The van der Waals surface area contributed by atoms with E-state index >= 15 is 0 Å². The van der Waals surface area contributed by atoms with Gasteiger partial charge in [0.15, 0.2) is 0 Å². The van der Waals surface area contributed by atoms with Gasteiger partial charge in [-0.05, 0) is 36.7 Å². The number of allylic oxidation sites excluding steroid dienone is 4. The third-order valence-electron chi connectivity index (χ3n) is 3.97. The second kappa shape index (κ2) is 9.86. The van der Waals surface area contributed by atoms with E-state index in [1.807, 2.05) is 6.92 Å². The van der Waals surface area contributed by atoms with Gasteiger partial charge in [-0.3, -0.25) is 0 Å². The van der Waals surface area contributed by atoms with Gasteiger partial charge in [-0.1, -0.05) is 51.4 Å². The first-order valence-electron chi connectivity index (χ1n) is 8.90. The van der Waals surface area contributed by atoms with E-state index in [-0.39, 0.29) is 17.1 Å². The molecule has 0 amide bonds. The fraction of sp³-hybridized carbons (Fsp3) is 0.571. The van der Waals surface area contributed by atoms with Crippen LogP contribution in [0, 0.1) is 11.3 Å². The van der Waals surface area contributed by atoms with Crippen molar-refractivity contribution in [3.63, 3.8) is 0 Å². The van der Waals surface area contributed by atoms with Gasteiger partial charge in [0.05, 0.1) is 6.61 Å². The Morgan fingerprint density at radius 2 is 2.00 bits per heavy atom. The van der Waals surface area contributed by atoms with Crippen LogP contribution in [0.5, 0.6) is 0 Å². The van der Waals surface area contributed by atoms with Gasteiger partial charge in [0.2, 0.25) is 0 Å². The van der Waals surface area contributed by atoms with Crippen molar-refractivity contribution in [1.82, 2.24) is 0 Å². The number of carbonyl (C=O) groups excluding carboxylic acids is 1. The Bertz CT molecular complexity index is 612. The summed E-state index contributed by atoms with van der Waals surface area (Å²) in [4.78, 5) is 12.0. The lowest BCUT2D eigenvalue weighted by atomic mass is 9.74. The Morgan fingerprint density at radius 3 is 2.54 bits per heavy atom. The Hall–Kier alpha value is -1.68. The van der Waals surface area contributed by atoms with Gasteiger partial charge < -0.3 is 14.2 Å². The first-order valence-corrected chi connectivity index (χ1v) is 9.28. The van der Waals surface area contributed by atoms with Crippen molar-refractivity contribution >= 4 is 17.8 Å². The molecule has 0 atom stereocenters. The summed E-state index contributed by atoms with van der Waals surface area (Å²) >= 11 is 5.64. The maximum absolute atomic E-state index is 12.0. The van der Waals surface area contributed by atoms with E-state index in [0.29, 0.717) is 18.3 Å². The molecule has 4 nitrogen and oxygen atoms in total. The van der Waals surface area contributed by atoms with Crippen LogP contribution in [0.4, 0.5) is 4.79 Å². The Morgan fingerprint density at radius 1 is 1.35 bits per heavy atom. The van der Waals surface area contributed by atoms with Gasteiger partial charge in [-0.2, -0.15) is 0 Å². The average Bonchev–Trinajstić information content (AvgIpc) is 2.49. The number of rotatable bonds is 9. The highest BCUT2D eigenvalue weighted by atomic mass is 35.5. The summed E-state index contributed by atoms with van der Waals surface area (Å²) in [5.74, 6) is 1.72. The predicted octanol–water partition coefficient (Wildman–Crippen LogP) is 6.49. The molecule has 0 N–H and O–H groups in total. The zero-order chi connectivity index (χ0) is 19.9. The molecule has 0 aromatic rings. The van der Waals surface area contributed by atoms with Crippen molar-refractivity contribution in [1.29, 1.82) is 0 Å². The molecular formula is C21H31ClO4. The zero-order valence-corrected chi connectivity index (χ0v) is 17.4. The van der Waals surface area contributed by atoms with Crippen molar-refractivity contribution in [2.45, 2.75) is 53.9 Å². The molecule has 1 aliphatic rings. The van der Waals surface area contributed by atoms with Crippen LogP contribution in [0.1, 0.15) is 53.9 Å². The predicted molar refractivity (Wildman–Crippen MR) is 106 cm³/mol. The van der Waals surface area contributed by atoms with E-state index in [9.17, 15) is 4.79 Å². The summed E-state index contributed by atoms with van der Waals surface area (Å²) in [5, 5.41) is 0.235. The van der Waals surface area contributed by atoms with Crippen LogP contribution in [-0.2, 0) is 14.2 Å². The summed E-state index contributed by atoms with van der Waals surface area (Å²) in [6.45, 7) is 18.4. The summed E-state index contributed by atoms with van der Waals surface area (Å²) in [6, 6.07) is 0. The molecule has 5 heteroatoms. The standard InChI is InChI=1S/C21H31ClO4/c1-14(2)8-9-18-19(26-20(23)25-13-16(5)22)10-17(11-21(18,6)7)24-12-15(3)4/h10,15H,1,5,8-9,11-13H2,2-4,6-7H3. The lowest BCUT2D eigenvalue weighted by molar-refractivity contribution is 0.0830. The van der Waals surface area contributed by atoms with Gasteiger partial charge in [-0.15, -0.1) is 6.58 Å². The molecule has 0 saturated carbocycles. The van der Waals surface area contributed by atoms with Gasteiger partial charge in [0.1, 0.15) is 18.1 Å². The van der Waals surface area contributed by atoms with Crippen molar-refractivity contribution in [3.8, 4) is 0 Å². The van der Waals surface area contributed by atoms with Crippen LogP contribution in [-0.4, -0.2) is 19.4 Å². The number of halogens is 1. The molecule has 0 spiro atoms. The monoisotopic (exact) mass is 382 g/mol. The summed E-state index contributed by atoms with van der Waals surface area (Å²) in [7, 11) is 0. The van der Waals surface area contributed by atoms with E-state index in [0.717, 1.165) is 36.2 Å². The van der Waals surface area contributed by atoms with Crippen LogP contribution in [0.2, 0.25) is 0 Å². The highest BCUT2D eigenvalue weighted by Crippen LogP contribution is 2.43. The molecule has 0 heterocycles. The number of ether oxygens (including phenoxy) is 3. The molecule has 1 rings (SSSR count). The average molecular weight is 383 g/mol. The molecule has 0 unspecified atom stereocenters. The van der Waals surface area contributed by atoms with Crippen LogP contribution < -0.4 is 0 Å². The molecule has 0 aromatic carbocycles. The second-order valence-corrected chi connectivity index (χ2v) is 8.37. The van der Waals surface area contributed by atoms with Crippen molar-refractivity contribution in [2.75, 3.05) is 13.2 Å². The van der Waals surface area contributed by atoms with Gasteiger partial charge in [-0.25, -0.2) is 4.79 Å². The largest absolute Gasteiger partial charge is 0.514 e. The van der Waals surface area contributed by atoms with Gasteiger partial charge in [0, 0.05) is 17.5 Å². The molecule has 0 saturated heterocycles. The first-order chi connectivity index (χ1) is 12.0. The quantitative estimate of drug-likeness (QED) is 0.337. The number of hydrogen-bond donors (Lipinski definition) is 0. The van der Waals surface area contributed by atoms with Crippen LogP contribution >= 0.6 is 11.6 Å². The molecule has 1 aliphatic carbocycles. The number of hydrogen-bond acceptors (Lipinski definition) is 4. The van der Waals surface area contributed by atoms with E-state index in [4.69, 9.17) is 25.8 Å². The smallest absolute Gasteiger partial charge is 0.497 e. The van der Waals surface area contributed by atoms with E-state index in [2.05, 4.69) is 40.9 Å². The summed E-state index contributed by atoms with van der Waals surface area (Å²) < 4.78 is 16.4. The molecular weight excluding hydrogens is 352 g/mol. The molecule has 146 valence electrons. The molecule has 0 aliphatic heterocycles. The molecule has 0 aromatic heterocycles. The molecule has 26 heavy (non-hydrogen) atoms. The minimum absolute atomic E-state index is 0.0847. The second-order valence-electron chi connectivity index (χ2n) is 7.83. The van der Waals surface area contributed by atoms with Crippen molar-refractivity contribution < 1.29 is 19.0 Å². The summed E-state index contributed by atoms with van der Waals surface area (Å²) in [6.07, 6.45) is 3.35. The van der Waals surface area contributed by atoms with E-state index in [1.54, 1.807) is 6.08 Å². The molecule has 0 fully saturated rings. The highest BCUT2D eigenvalue weighted by Gasteiger charge is 2.33. The first kappa shape index (κ1) is 22.4. The SMILES string of the molecule is C=C(C)CCC1=C(OC(=O)OCC(=C)Cl)C=C(OCC(C)C)CC1(C)C. The highest BCUT2D eigenvalue weighted by molar-refractivity contribution is 6.29. The van der Waals surface area contributed by atoms with Crippen molar-refractivity contribution in [2.24, 2.45) is 11.3 Å². The third-order valence-corrected chi connectivity index (χ3v) is 4.08. The Kier molecular flexibility index (Phi) is 8.48. The third kappa shape index (κ3) is 7.69. The fourth-order valence-corrected chi connectivity index (χ4v) is 2.73. The normalized spacial score (nSPS) is 16.2. The molecule has 0 radical (unpaired) electrons. The van der Waals surface area contributed by atoms with Crippen LogP contribution in [0.3, 0.4) is 0 Å². The Balaban J connectivity index is 3.07. The van der Waals surface area contributed by atoms with E-state index < -0.39 is 6.16 Å². The maximum atomic E-state index is 12.0. The fourth-order valence-electron chi connectivity index (χ4n) is 2.67. The molecule has 0 bridgehead atoms. The topological polar surface area (TPSA) is 44.8 Å². The number of carbonyl (C=O) groups is 1. The van der Waals surface area contributed by atoms with Gasteiger partial charge in [0.25, 0.3) is 0 Å². The lowest BCUT2D eigenvalue weighted by Gasteiger charge is -2.34. The summed E-state index contributed by atoms with van der Waals surface area (Å²) in [5.41, 5.74) is 1.95. The minimum Gasteiger partial charge on any atom is -0.497 e. The van der Waals surface area contributed by atoms with Crippen LogP contribution in [0.25, 0.3) is 0 Å². The minimum atomic E-state index is -0.799.